The molecule has 0 saturated heterocycles. The SMILES string of the molecule is Cc1c2c(c(-c3ccc(N)cc3)c3c1OCC3)OCC2. The molecule has 3 nitrogen and oxygen atoms in total. The summed E-state index contributed by atoms with van der Waals surface area (Å²) >= 11 is 0. The monoisotopic (exact) mass is 267 g/mol. The molecular weight excluding hydrogens is 250 g/mol. The first-order chi connectivity index (χ1) is 9.75. The Bertz CT molecular complexity index is 654. The Morgan fingerprint density at radius 3 is 2.30 bits per heavy atom. The number of nitrogens with two attached hydrogens (primary N) is 1. The summed E-state index contributed by atoms with van der Waals surface area (Å²) in [5, 5.41) is 0. The highest BCUT2D eigenvalue weighted by atomic mass is 16.5. The molecule has 2 aliphatic rings. The molecule has 102 valence electrons. The average molecular weight is 267 g/mol. The van der Waals surface area contributed by atoms with E-state index in [0.29, 0.717) is 0 Å². The van der Waals surface area contributed by atoms with Crippen molar-refractivity contribution in [2.75, 3.05) is 18.9 Å². The second-order valence-electron chi connectivity index (χ2n) is 5.43. The van der Waals surface area contributed by atoms with E-state index in [9.17, 15) is 0 Å². The number of ether oxygens (including phenoxy) is 2. The summed E-state index contributed by atoms with van der Waals surface area (Å²) in [7, 11) is 0. The Labute approximate surface area is 118 Å². The minimum atomic E-state index is 0.765. The zero-order chi connectivity index (χ0) is 13.7. The molecule has 0 spiro atoms. The number of hydrogen-bond donors (Lipinski definition) is 1. The van der Waals surface area contributed by atoms with Crippen molar-refractivity contribution in [3.05, 3.63) is 41.0 Å². The van der Waals surface area contributed by atoms with Gasteiger partial charge in [-0.25, -0.2) is 0 Å². The molecule has 0 radical (unpaired) electrons. The van der Waals surface area contributed by atoms with Gasteiger partial charge in [0.25, 0.3) is 0 Å². The van der Waals surface area contributed by atoms with E-state index in [4.69, 9.17) is 15.2 Å². The van der Waals surface area contributed by atoms with E-state index in [1.165, 1.54) is 27.8 Å². The van der Waals surface area contributed by atoms with Crippen LogP contribution in [-0.4, -0.2) is 13.2 Å². The lowest BCUT2D eigenvalue weighted by Crippen LogP contribution is -1.95. The molecule has 2 N–H and O–H groups in total. The van der Waals surface area contributed by atoms with Crippen molar-refractivity contribution in [2.45, 2.75) is 19.8 Å². The van der Waals surface area contributed by atoms with Crippen molar-refractivity contribution in [1.82, 2.24) is 0 Å². The number of fused-ring (bicyclic) bond motifs is 2. The summed E-state index contributed by atoms with van der Waals surface area (Å²) in [5.74, 6) is 2.12. The fourth-order valence-electron chi connectivity index (χ4n) is 3.29. The van der Waals surface area contributed by atoms with Gasteiger partial charge < -0.3 is 15.2 Å². The third-order valence-electron chi connectivity index (χ3n) is 4.27. The molecule has 4 rings (SSSR count). The molecule has 0 aromatic heterocycles. The van der Waals surface area contributed by atoms with Crippen molar-refractivity contribution in [2.24, 2.45) is 0 Å². The lowest BCUT2D eigenvalue weighted by molar-refractivity contribution is 0.354. The van der Waals surface area contributed by atoms with Gasteiger partial charge in [0, 0.05) is 35.2 Å². The first kappa shape index (κ1) is 11.6. The van der Waals surface area contributed by atoms with Crippen molar-refractivity contribution >= 4 is 5.69 Å². The standard InChI is InChI=1S/C17H17NO2/c1-10-13-6-8-20-17(13)15(14-7-9-19-16(10)14)11-2-4-12(18)5-3-11/h2-5H,6-9,18H2,1H3. The van der Waals surface area contributed by atoms with E-state index in [1.807, 2.05) is 12.1 Å². The van der Waals surface area contributed by atoms with Crippen LogP contribution in [0, 0.1) is 6.92 Å². The maximum Gasteiger partial charge on any atom is 0.131 e. The molecule has 2 aliphatic heterocycles. The lowest BCUT2D eigenvalue weighted by Gasteiger charge is -2.16. The van der Waals surface area contributed by atoms with Gasteiger partial charge in [0.2, 0.25) is 0 Å². The zero-order valence-corrected chi connectivity index (χ0v) is 11.5. The van der Waals surface area contributed by atoms with Crippen LogP contribution in [0.15, 0.2) is 24.3 Å². The van der Waals surface area contributed by atoms with Gasteiger partial charge in [-0.1, -0.05) is 12.1 Å². The second kappa shape index (κ2) is 4.17. The normalized spacial score (nSPS) is 15.4. The van der Waals surface area contributed by atoms with Gasteiger partial charge in [-0.3, -0.25) is 0 Å². The van der Waals surface area contributed by atoms with Crippen LogP contribution in [-0.2, 0) is 12.8 Å². The number of benzene rings is 2. The summed E-state index contributed by atoms with van der Waals surface area (Å²) in [6.45, 7) is 3.67. The predicted molar refractivity (Wildman–Crippen MR) is 79.4 cm³/mol. The molecule has 20 heavy (non-hydrogen) atoms. The Morgan fingerprint density at radius 2 is 1.55 bits per heavy atom. The van der Waals surface area contributed by atoms with E-state index in [-0.39, 0.29) is 0 Å². The molecule has 2 aromatic rings. The van der Waals surface area contributed by atoms with Crippen LogP contribution >= 0.6 is 0 Å². The third-order valence-corrected chi connectivity index (χ3v) is 4.27. The van der Waals surface area contributed by atoms with Crippen LogP contribution in [0.4, 0.5) is 5.69 Å². The maximum absolute atomic E-state index is 5.93. The first-order valence-corrected chi connectivity index (χ1v) is 7.05. The van der Waals surface area contributed by atoms with Crippen LogP contribution in [0.3, 0.4) is 0 Å². The minimum Gasteiger partial charge on any atom is -0.493 e. The maximum atomic E-state index is 5.93. The first-order valence-electron chi connectivity index (χ1n) is 7.05. The van der Waals surface area contributed by atoms with Crippen LogP contribution in [0.1, 0.15) is 16.7 Å². The van der Waals surface area contributed by atoms with Crippen molar-refractivity contribution in [3.8, 4) is 22.6 Å². The molecule has 0 bridgehead atoms. The number of nitrogen functional groups attached to an aromatic ring is 1. The van der Waals surface area contributed by atoms with Gasteiger partial charge in [-0.2, -0.15) is 0 Å². The second-order valence-corrected chi connectivity index (χ2v) is 5.43. The summed E-state index contributed by atoms with van der Waals surface area (Å²) in [4.78, 5) is 0. The van der Waals surface area contributed by atoms with E-state index in [0.717, 1.165) is 43.2 Å². The Kier molecular flexibility index (Phi) is 2.43. The summed E-state index contributed by atoms with van der Waals surface area (Å²) < 4.78 is 11.8. The van der Waals surface area contributed by atoms with Crippen molar-refractivity contribution in [3.63, 3.8) is 0 Å². The average Bonchev–Trinajstić information content (AvgIpc) is 3.10. The summed E-state index contributed by atoms with van der Waals surface area (Å²) in [5.41, 5.74) is 12.8. The topological polar surface area (TPSA) is 44.5 Å². The minimum absolute atomic E-state index is 0.765. The van der Waals surface area contributed by atoms with E-state index in [2.05, 4.69) is 19.1 Å². The molecule has 0 saturated carbocycles. The molecule has 0 aliphatic carbocycles. The Balaban J connectivity index is 2.02. The van der Waals surface area contributed by atoms with Crippen molar-refractivity contribution < 1.29 is 9.47 Å². The Morgan fingerprint density at radius 1 is 0.900 bits per heavy atom. The fourth-order valence-corrected chi connectivity index (χ4v) is 3.29. The molecule has 3 heteroatoms. The highest BCUT2D eigenvalue weighted by Gasteiger charge is 2.30. The van der Waals surface area contributed by atoms with E-state index in [1.54, 1.807) is 0 Å². The Hall–Kier alpha value is -2.16. The third kappa shape index (κ3) is 1.52. The van der Waals surface area contributed by atoms with Crippen LogP contribution in [0.5, 0.6) is 11.5 Å². The molecule has 0 fully saturated rings. The molecule has 0 amide bonds. The van der Waals surface area contributed by atoms with Gasteiger partial charge in [0.1, 0.15) is 11.5 Å². The number of rotatable bonds is 1. The van der Waals surface area contributed by atoms with Gasteiger partial charge >= 0.3 is 0 Å². The van der Waals surface area contributed by atoms with Crippen LogP contribution in [0.2, 0.25) is 0 Å². The van der Waals surface area contributed by atoms with E-state index < -0.39 is 0 Å². The highest BCUT2D eigenvalue weighted by molar-refractivity contribution is 5.81. The van der Waals surface area contributed by atoms with Gasteiger partial charge in [-0.15, -0.1) is 0 Å². The molecular formula is C17H17NO2. The lowest BCUT2D eigenvalue weighted by atomic mass is 9.91. The van der Waals surface area contributed by atoms with Crippen LogP contribution in [0.25, 0.3) is 11.1 Å². The van der Waals surface area contributed by atoms with Crippen LogP contribution < -0.4 is 15.2 Å². The van der Waals surface area contributed by atoms with Crippen molar-refractivity contribution in [1.29, 1.82) is 0 Å². The number of hydrogen-bond acceptors (Lipinski definition) is 3. The molecule has 0 unspecified atom stereocenters. The largest absolute Gasteiger partial charge is 0.493 e. The molecule has 2 heterocycles. The van der Waals surface area contributed by atoms with Gasteiger partial charge in [0.15, 0.2) is 0 Å². The fraction of sp³-hybridized carbons (Fsp3) is 0.294. The number of anilines is 1. The predicted octanol–water partition coefficient (Wildman–Crippen LogP) is 3.11. The quantitative estimate of drug-likeness (QED) is 0.807. The summed E-state index contributed by atoms with van der Waals surface area (Å²) in [6.07, 6.45) is 1.92. The summed E-state index contributed by atoms with van der Waals surface area (Å²) in [6, 6.07) is 8.03. The van der Waals surface area contributed by atoms with Gasteiger partial charge in [0.05, 0.1) is 13.2 Å². The zero-order valence-electron chi connectivity index (χ0n) is 11.5. The highest BCUT2D eigenvalue weighted by Crippen LogP contribution is 2.48. The molecule has 0 atom stereocenters. The van der Waals surface area contributed by atoms with E-state index >= 15 is 0 Å². The molecule has 2 aromatic carbocycles. The van der Waals surface area contributed by atoms with Gasteiger partial charge in [-0.05, 0) is 30.2 Å². The smallest absolute Gasteiger partial charge is 0.131 e.